The summed E-state index contributed by atoms with van der Waals surface area (Å²) >= 11 is 6.35. The number of nitrogens with one attached hydrogen (secondary N) is 2. The number of hydrogen-bond donors (Lipinski definition) is 2. The van der Waals surface area contributed by atoms with Crippen molar-refractivity contribution in [2.24, 2.45) is 0 Å². The predicted molar refractivity (Wildman–Crippen MR) is 137 cm³/mol. The lowest BCUT2D eigenvalue weighted by Gasteiger charge is -2.41. The molecule has 210 valence electrons. The van der Waals surface area contributed by atoms with Crippen LogP contribution in [0.15, 0.2) is 53.8 Å². The summed E-state index contributed by atoms with van der Waals surface area (Å²) in [6.45, 7) is 0. The minimum absolute atomic E-state index is 0.00458. The molecule has 0 radical (unpaired) electrons. The van der Waals surface area contributed by atoms with E-state index in [1.54, 1.807) is 14.1 Å². The van der Waals surface area contributed by atoms with E-state index in [2.05, 4.69) is 20.0 Å². The number of benzene rings is 2. The first-order valence-electron chi connectivity index (χ1n) is 11.8. The molecule has 1 saturated carbocycles. The third-order valence-electron chi connectivity index (χ3n) is 6.72. The zero-order chi connectivity index (χ0) is 28.5. The Balaban J connectivity index is 1.55. The fourth-order valence-corrected chi connectivity index (χ4v) is 6.17. The molecular weight excluding hydrogens is 565 g/mol. The first-order valence-corrected chi connectivity index (χ1v) is 13.7. The van der Waals surface area contributed by atoms with Gasteiger partial charge in [-0.2, -0.15) is 13.2 Å². The molecule has 0 amide bonds. The van der Waals surface area contributed by atoms with Crippen LogP contribution in [-0.2, 0) is 16.2 Å². The molecule has 1 aliphatic carbocycles. The van der Waals surface area contributed by atoms with E-state index in [1.807, 2.05) is 4.90 Å². The normalized spacial score (nSPS) is 20.2. The van der Waals surface area contributed by atoms with Gasteiger partial charge in [0.1, 0.15) is 28.7 Å². The van der Waals surface area contributed by atoms with Crippen molar-refractivity contribution >= 4 is 33.1 Å². The van der Waals surface area contributed by atoms with Crippen molar-refractivity contribution in [3.05, 3.63) is 76.7 Å². The molecule has 3 atom stereocenters. The lowest BCUT2D eigenvalue weighted by atomic mass is 9.77. The highest BCUT2D eigenvalue weighted by Crippen LogP contribution is 2.40. The molecular formula is C25H25ClF5N5O2S. The molecule has 7 nitrogen and oxygen atoms in total. The molecule has 0 aliphatic heterocycles. The van der Waals surface area contributed by atoms with Gasteiger partial charge < -0.3 is 10.2 Å². The van der Waals surface area contributed by atoms with Gasteiger partial charge in [0.25, 0.3) is 10.0 Å². The van der Waals surface area contributed by atoms with E-state index < -0.39 is 44.2 Å². The summed E-state index contributed by atoms with van der Waals surface area (Å²) in [6, 6.07) is 5.07. The fraction of sp³-hybridized carbons (Fsp3) is 0.360. The van der Waals surface area contributed by atoms with Gasteiger partial charge in [0.15, 0.2) is 0 Å². The van der Waals surface area contributed by atoms with Crippen LogP contribution in [0.2, 0.25) is 5.02 Å². The van der Waals surface area contributed by atoms with Crippen LogP contribution in [0.4, 0.5) is 33.5 Å². The maximum atomic E-state index is 15.0. The molecule has 0 unspecified atom stereocenters. The van der Waals surface area contributed by atoms with Crippen molar-refractivity contribution < 1.29 is 30.4 Å². The number of likely N-dealkylation sites (N-methyl/N-ethyl adjacent to an activating group) is 1. The lowest BCUT2D eigenvalue weighted by Crippen LogP contribution is -2.47. The van der Waals surface area contributed by atoms with Gasteiger partial charge >= 0.3 is 6.18 Å². The molecule has 0 spiro atoms. The average Bonchev–Trinajstić information content (AvgIpc) is 2.86. The molecule has 1 aromatic heterocycles. The Morgan fingerprint density at radius 3 is 2.44 bits per heavy atom. The number of anilines is 2. The van der Waals surface area contributed by atoms with Crippen molar-refractivity contribution in [3.63, 3.8) is 0 Å². The van der Waals surface area contributed by atoms with Crippen LogP contribution in [-0.4, -0.2) is 49.5 Å². The van der Waals surface area contributed by atoms with Gasteiger partial charge in [-0.3, -0.25) is 4.72 Å². The van der Waals surface area contributed by atoms with Gasteiger partial charge in [0.2, 0.25) is 0 Å². The smallest absolute Gasteiger partial charge is 0.379 e. The van der Waals surface area contributed by atoms with Gasteiger partial charge in [0.05, 0.1) is 16.3 Å². The van der Waals surface area contributed by atoms with Crippen molar-refractivity contribution in [3.8, 4) is 0 Å². The van der Waals surface area contributed by atoms with E-state index in [-0.39, 0.29) is 34.2 Å². The van der Waals surface area contributed by atoms with E-state index >= 15 is 4.39 Å². The Morgan fingerprint density at radius 2 is 1.79 bits per heavy atom. The molecule has 1 heterocycles. The van der Waals surface area contributed by atoms with Gasteiger partial charge in [-0.1, -0.05) is 11.6 Å². The van der Waals surface area contributed by atoms with Gasteiger partial charge in [-0.15, -0.1) is 0 Å². The molecule has 4 rings (SSSR count). The summed E-state index contributed by atoms with van der Waals surface area (Å²) in [5, 5.41) is 3.10. The first kappa shape index (κ1) is 29.0. The van der Waals surface area contributed by atoms with Crippen LogP contribution in [0.1, 0.15) is 36.3 Å². The van der Waals surface area contributed by atoms with Crippen molar-refractivity contribution in [1.82, 2.24) is 14.9 Å². The molecule has 0 saturated heterocycles. The molecule has 2 aromatic carbocycles. The second-order valence-corrected chi connectivity index (χ2v) is 11.5. The van der Waals surface area contributed by atoms with Crippen LogP contribution in [0.5, 0.6) is 0 Å². The monoisotopic (exact) mass is 589 g/mol. The highest BCUT2D eigenvalue weighted by Gasteiger charge is 2.36. The van der Waals surface area contributed by atoms with Crippen LogP contribution in [0.3, 0.4) is 0 Å². The Morgan fingerprint density at radius 1 is 1.05 bits per heavy atom. The second-order valence-electron chi connectivity index (χ2n) is 9.49. The number of alkyl halides is 3. The number of sulfonamides is 1. The zero-order valence-corrected chi connectivity index (χ0v) is 22.4. The van der Waals surface area contributed by atoms with Crippen LogP contribution < -0.4 is 10.0 Å². The minimum atomic E-state index is -4.59. The zero-order valence-electron chi connectivity index (χ0n) is 20.8. The standard InChI is InChI=1S/C25H25ClF5N5O2S/c1-36(2)22-9-14(16-10-15(25(29,30)31)4-5-18(16)27)3-6-20(22)34-21-12-19(28)23(11-17(21)26)39(37,38)35-24-7-8-32-13-33-24/h4-5,7-8,10-14,20,22,34H,3,6,9H2,1-2H3,(H,32,33,35)/t14-,20-,22-/m0/s1. The molecule has 14 heteroatoms. The van der Waals surface area contributed by atoms with Crippen LogP contribution in [0, 0.1) is 11.6 Å². The van der Waals surface area contributed by atoms with Crippen LogP contribution in [0.25, 0.3) is 0 Å². The van der Waals surface area contributed by atoms with E-state index in [4.69, 9.17) is 11.6 Å². The van der Waals surface area contributed by atoms with Crippen LogP contribution >= 0.6 is 11.6 Å². The third-order valence-corrected chi connectivity index (χ3v) is 8.40. The van der Waals surface area contributed by atoms with Gasteiger partial charge in [-0.25, -0.2) is 27.2 Å². The van der Waals surface area contributed by atoms with Crippen molar-refractivity contribution in [2.45, 2.75) is 48.3 Å². The third kappa shape index (κ3) is 6.59. The number of halogens is 6. The van der Waals surface area contributed by atoms with Gasteiger partial charge in [-0.05, 0) is 81.2 Å². The summed E-state index contributed by atoms with van der Waals surface area (Å²) in [5.74, 6) is -2.27. The SMILES string of the molecule is CN(C)[C@H]1C[C@@H](c2cc(C(F)(F)F)ccc2F)CC[C@@H]1Nc1cc(F)c(S(=O)(=O)Nc2ccncn2)cc1Cl. The summed E-state index contributed by atoms with van der Waals surface area (Å²) in [5.41, 5.74) is -0.757. The Labute approximate surface area is 227 Å². The van der Waals surface area contributed by atoms with E-state index in [0.717, 1.165) is 36.7 Å². The van der Waals surface area contributed by atoms with E-state index in [1.165, 1.54) is 12.3 Å². The Hall–Kier alpha value is -3.03. The molecule has 3 aromatic rings. The minimum Gasteiger partial charge on any atom is -0.379 e. The predicted octanol–water partition coefficient (Wildman–Crippen LogP) is 5.91. The molecule has 1 fully saturated rings. The topological polar surface area (TPSA) is 87.2 Å². The van der Waals surface area contributed by atoms with E-state index in [9.17, 15) is 26.0 Å². The summed E-state index contributed by atoms with van der Waals surface area (Å²) in [4.78, 5) is 8.62. The maximum Gasteiger partial charge on any atom is 0.416 e. The fourth-order valence-electron chi connectivity index (χ4n) is 4.79. The highest BCUT2D eigenvalue weighted by atomic mass is 35.5. The number of aromatic nitrogens is 2. The molecule has 1 aliphatic rings. The second kappa shape index (κ2) is 11.2. The quantitative estimate of drug-likeness (QED) is 0.334. The largest absolute Gasteiger partial charge is 0.416 e. The summed E-state index contributed by atoms with van der Waals surface area (Å²) in [7, 11) is -0.791. The first-order chi connectivity index (χ1) is 18.3. The molecule has 39 heavy (non-hydrogen) atoms. The lowest BCUT2D eigenvalue weighted by molar-refractivity contribution is -0.137. The maximum absolute atomic E-state index is 15.0. The Kier molecular flexibility index (Phi) is 8.33. The van der Waals surface area contributed by atoms with Crippen molar-refractivity contribution in [1.29, 1.82) is 0 Å². The van der Waals surface area contributed by atoms with E-state index in [0.29, 0.717) is 19.3 Å². The number of rotatable bonds is 7. The van der Waals surface area contributed by atoms with Crippen molar-refractivity contribution in [2.75, 3.05) is 24.1 Å². The summed E-state index contributed by atoms with van der Waals surface area (Å²) < 4.78 is 96.8. The average molecular weight is 590 g/mol. The molecule has 2 N–H and O–H groups in total. The molecule has 0 bridgehead atoms. The summed E-state index contributed by atoms with van der Waals surface area (Å²) in [6.07, 6.45) is -1.03. The number of hydrogen-bond acceptors (Lipinski definition) is 6. The van der Waals surface area contributed by atoms with Gasteiger partial charge in [0, 0.05) is 18.3 Å². The number of nitrogens with zero attached hydrogens (tertiary/aromatic N) is 3. The Bertz CT molecular complexity index is 1440. The highest BCUT2D eigenvalue weighted by molar-refractivity contribution is 7.92.